The van der Waals surface area contributed by atoms with Crippen LogP contribution in [0, 0.1) is 11.8 Å². The first-order valence-electron chi connectivity index (χ1n) is 6.40. The summed E-state index contributed by atoms with van der Waals surface area (Å²) in [6, 6.07) is 7.61. The summed E-state index contributed by atoms with van der Waals surface area (Å²) in [6.45, 7) is 1.08. The summed E-state index contributed by atoms with van der Waals surface area (Å²) >= 11 is 0. The second kappa shape index (κ2) is 6.22. The molecule has 2 amide bonds. The molecule has 5 nitrogen and oxygen atoms in total. The van der Waals surface area contributed by atoms with E-state index < -0.39 is 0 Å². The Morgan fingerprint density at radius 3 is 2.50 bits per heavy atom. The molecule has 20 heavy (non-hydrogen) atoms. The van der Waals surface area contributed by atoms with Crippen LogP contribution in [0.1, 0.15) is 11.1 Å². The zero-order valence-electron chi connectivity index (χ0n) is 11.4. The molecule has 0 radical (unpaired) electrons. The van der Waals surface area contributed by atoms with Gasteiger partial charge in [-0.25, -0.2) is 0 Å². The summed E-state index contributed by atoms with van der Waals surface area (Å²) < 4.78 is 0. The van der Waals surface area contributed by atoms with Crippen molar-refractivity contribution in [3.8, 4) is 11.8 Å². The molecule has 1 fully saturated rings. The number of carbonyl (C=O) groups excluding carboxylic acids is 2. The standard InChI is InChI=1S/C15H17N3O2/c1-17-10-15(20)18(11-14(17)19)9-13-6-4-12(5-7-13)3-2-8-16/h4-7H,8-11,16H2,1H3. The van der Waals surface area contributed by atoms with Gasteiger partial charge < -0.3 is 15.5 Å². The molecule has 0 bridgehead atoms. The fourth-order valence-electron chi connectivity index (χ4n) is 1.97. The minimum Gasteiger partial charge on any atom is -0.335 e. The number of hydrogen-bond acceptors (Lipinski definition) is 3. The van der Waals surface area contributed by atoms with Gasteiger partial charge in [-0.3, -0.25) is 9.59 Å². The van der Waals surface area contributed by atoms with Crippen LogP contribution < -0.4 is 5.73 Å². The summed E-state index contributed by atoms with van der Waals surface area (Å²) in [5, 5.41) is 0. The van der Waals surface area contributed by atoms with Crippen LogP contribution in [0.3, 0.4) is 0 Å². The van der Waals surface area contributed by atoms with E-state index in [2.05, 4.69) is 11.8 Å². The molecule has 1 aliphatic rings. The highest BCUT2D eigenvalue weighted by Gasteiger charge is 2.27. The van der Waals surface area contributed by atoms with E-state index in [9.17, 15) is 9.59 Å². The highest BCUT2D eigenvalue weighted by molar-refractivity contribution is 5.92. The van der Waals surface area contributed by atoms with Crippen LogP contribution in [0.15, 0.2) is 24.3 Å². The number of amides is 2. The Balaban J connectivity index is 2.03. The van der Waals surface area contributed by atoms with Crippen molar-refractivity contribution in [1.29, 1.82) is 0 Å². The molecule has 1 saturated heterocycles. The maximum atomic E-state index is 11.9. The van der Waals surface area contributed by atoms with Gasteiger partial charge in [0.25, 0.3) is 0 Å². The Morgan fingerprint density at radius 1 is 1.15 bits per heavy atom. The van der Waals surface area contributed by atoms with Gasteiger partial charge in [-0.2, -0.15) is 0 Å². The van der Waals surface area contributed by atoms with E-state index in [1.54, 1.807) is 11.9 Å². The van der Waals surface area contributed by atoms with Crippen molar-refractivity contribution in [3.63, 3.8) is 0 Å². The summed E-state index contributed by atoms with van der Waals surface area (Å²) in [7, 11) is 1.64. The average Bonchev–Trinajstić information content (AvgIpc) is 2.44. The van der Waals surface area contributed by atoms with Crippen molar-refractivity contribution >= 4 is 11.8 Å². The highest BCUT2D eigenvalue weighted by Crippen LogP contribution is 2.10. The predicted molar refractivity (Wildman–Crippen MR) is 75.4 cm³/mol. The minimum absolute atomic E-state index is 0.0286. The lowest BCUT2D eigenvalue weighted by atomic mass is 10.1. The van der Waals surface area contributed by atoms with Crippen LogP contribution in [0.2, 0.25) is 0 Å². The van der Waals surface area contributed by atoms with E-state index in [1.807, 2.05) is 24.3 Å². The summed E-state index contributed by atoms with van der Waals surface area (Å²) in [6.07, 6.45) is 0. The highest BCUT2D eigenvalue weighted by atomic mass is 16.2. The summed E-state index contributed by atoms with van der Waals surface area (Å²) in [5.74, 6) is 5.67. The van der Waals surface area contributed by atoms with Crippen molar-refractivity contribution in [2.75, 3.05) is 26.7 Å². The van der Waals surface area contributed by atoms with Gasteiger partial charge in [0.2, 0.25) is 11.8 Å². The topological polar surface area (TPSA) is 66.6 Å². The molecule has 1 aliphatic heterocycles. The molecule has 5 heteroatoms. The molecule has 2 rings (SSSR count). The number of rotatable bonds is 2. The minimum atomic E-state index is -0.0324. The number of benzene rings is 1. The van der Waals surface area contributed by atoms with E-state index in [1.165, 1.54) is 4.90 Å². The number of nitrogens with zero attached hydrogens (tertiary/aromatic N) is 2. The van der Waals surface area contributed by atoms with Crippen LogP contribution in [-0.2, 0) is 16.1 Å². The number of hydrogen-bond donors (Lipinski definition) is 1. The Hall–Kier alpha value is -2.32. The maximum Gasteiger partial charge on any atom is 0.242 e. The molecular formula is C15H17N3O2. The van der Waals surface area contributed by atoms with Crippen molar-refractivity contribution < 1.29 is 9.59 Å². The molecule has 2 N–H and O–H groups in total. The zero-order valence-corrected chi connectivity index (χ0v) is 11.4. The van der Waals surface area contributed by atoms with Gasteiger partial charge in [0.05, 0.1) is 13.1 Å². The van der Waals surface area contributed by atoms with Crippen molar-refractivity contribution in [2.24, 2.45) is 5.73 Å². The molecule has 1 heterocycles. The quantitative estimate of drug-likeness (QED) is 0.757. The second-order valence-electron chi connectivity index (χ2n) is 4.70. The van der Waals surface area contributed by atoms with Crippen LogP contribution in [-0.4, -0.2) is 48.3 Å². The summed E-state index contributed by atoms with van der Waals surface area (Å²) in [5.41, 5.74) is 7.19. The van der Waals surface area contributed by atoms with E-state index in [0.29, 0.717) is 13.1 Å². The normalized spacial score (nSPS) is 15.1. The SMILES string of the molecule is CN1CC(=O)N(Cc2ccc(C#CCN)cc2)CC1=O. The third kappa shape index (κ3) is 3.37. The Labute approximate surface area is 118 Å². The van der Waals surface area contributed by atoms with Gasteiger partial charge in [-0.05, 0) is 17.7 Å². The van der Waals surface area contributed by atoms with Crippen LogP contribution in [0.25, 0.3) is 0 Å². The number of nitrogens with two attached hydrogens (primary N) is 1. The van der Waals surface area contributed by atoms with Gasteiger partial charge >= 0.3 is 0 Å². The number of carbonyl (C=O) groups is 2. The first-order chi connectivity index (χ1) is 9.60. The molecule has 0 aliphatic carbocycles. The van der Waals surface area contributed by atoms with Crippen LogP contribution in [0.4, 0.5) is 0 Å². The first-order valence-corrected chi connectivity index (χ1v) is 6.40. The molecule has 104 valence electrons. The molecule has 0 atom stereocenters. The maximum absolute atomic E-state index is 11.9. The smallest absolute Gasteiger partial charge is 0.242 e. The predicted octanol–water partition coefficient (Wildman–Crippen LogP) is -0.203. The molecule has 0 aromatic heterocycles. The molecule has 0 unspecified atom stereocenters. The molecule has 0 saturated carbocycles. The van der Waals surface area contributed by atoms with E-state index in [4.69, 9.17) is 5.73 Å². The summed E-state index contributed by atoms with van der Waals surface area (Å²) in [4.78, 5) is 26.5. The fraction of sp³-hybridized carbons (Fsp3) is 0.333. The fourth-order valence-corrected chi connectivity index (χ4v) is 1.97. The van der Waals surface area contributed by atoms with Crippen LogP contribution in [0.5, 0.6) is 0 Å². The lowest BCUT2D eigenvalue weighted by Crippen LogP contribution is -2.51. The molecule has 1 aromatic rings. The Kier molecular flexibility index (Phi) is 4.38. The lowest BCUT2D eigenvalue weighted by molar-refractivity contribution is -0.149. The van der Waals surface area contributed by atoms with Gasteiger partial charge in [-0.15, -0.1) is 0 Å². The first kappa shape index (κ1) is 14.1. The van der Waals surface area contributed by atoms with Crippen molar-refractivity contribution in [3.05, 3.63) is 35.4 Å². The third-order valence-corrected chi connectivity index (χ3v) is 3.14. The molecule has 1 aromatic carbocycles. The third-order valence-electron chi connectivity index (χ3n) is 3.14. The molecular weight excluding hydrogens is 254 g/mol. The lowest BCUT2D eigenvalue weighted by Gasteiger charge is -2.31. The largest absolute Gasteiger partial charge is 0.335 e. The Morgan fingerprint density at radius 2 is 1.85 bits per heavy atom. The second-order valence-corrected chi connectivity index (χ2v) is 4.70. The van der Waals surface area contributed by atoms with E-state index >= 15 is 0 Å². The van der Waals surface area contributed by atoms with Gasteiger partial charge in [0.1, 0.15) is 6.54 Å². The van der Waals surface area contributed by atoms with Gasteiger partial charge in [0.15, 0.2) is 0 Å². The number of likely N-dealkylation sites (N-methyl/N-ethyl adjacent to an activating group) is 1. The van der Waals surface area contributed by atoms with Gasteiger partial charge in [0, 0.05) is 19.2 Å². The van der Waals surface area contributed by atoms with E-state index in [-0.39, 0.29) is 24.9 Å². The van der Waals surface area contributed by atoms with Crippen molar-refractivity contribution in [1.82, 2.24) is 9.80 Å². The zero-order chi connectivity index (χ0) is 14.5. The van der Waals surface area contributed by atoms with Crippen LogP contribution >= 0.6 is 0 Å². The number of piperazine rings is 1. The monoisotopic (exact) mass is 271 g/mol. The van der Waals surface area contributed by atoms with Crippen molar-refractivity contribution in [2.45, 2.75) is 6.54 Å². The average molecular weight is 271 g/mol. The Bertz CT molecular complexity index is 569. The molecule has 0 spiro atoms. The van der Waals surface area contributed by atoms with Gasteiger partial charge in [-0.1, -0.05) is 24.0 Å². The van der Waals surface area contributed by atoms with E-state index in [0.717, 1.165) is 11.1 Å².